The van der Waals surface area contributed by atoms with Crippen LogP contribution in [-0.2, 0) is 9.53 Å². The largest absolute Gasteiger partial charge is 0.381 e. The van der Waals surface area contributed by atoms with Gasteiger partial charge < -0.3 is 15.4 Å². The molecule has 2 heterocycles. The summed E-state index contributed by atoms with van der Waals surface area (Å²) in [6, 6.07) is 0.360. The molecule has 4 nitrogen and oxygen atoms in total. The van der Waals surface area contributed by atoms with Gasteiger partial charge in [-0.1, -0.05) is 0 Å². The first kappa shape index (κ1) is 12.2. The van der Waals surface area contributed by atoms with Crippen LogP contribution in [0.25, 0.3) is 0 Å². The SMILES string of the molecule is O=C(CC1CSCCN1)NCC1CCOC1. The van der Waals surface area contributed by atoms with Crippen molar-refractivity contribution in [2.45, 2.75) is 18.9 Å². The average Bonchev–Trinajstić information content (AvgIpc) is 2.81. The Morgan fingerprint density at radius 1 is 1.56 bits per heavy atom. The van der Waals surface area contributed by atoms with Gasteiger partial charge in [-0.05, 0) is 6.42 Å². The standard InChI is InChI=1S/C11H20N2O2S/c14-11(5-10-8-16-4-2-12-10)13-6-9-1-3-15-7-9/h9-10,12H,1-8H2,(H,13,14). The number of hydrogen-bond acceptors (Lipinski definition) is 4. The van der Waals surface area contributed by atoms with E-state index in [9.17, 15) is 4.79 Å². The van der Waals surface area contributed by atoms with E-state index >= 15 is 0 Å². The molecule has 16 heavy (non-hydrogen) atoms. The molecule has 2 atom stereocenters. The molecule has 92 valence electrons. The molecule has 2 aliphatic heterocycles. The molecule has 0 radical (unpaired) electrons. The van der Waals surface area contributed by atoms with Gasteiger partial charge in [-0.15, -0.1) is 0 Å². The lowest BCUT2D eigenvalue weighted by molar-refractivity contribution is -0.121. The highest BCUT2D eigenvalue weighted by atomic mass is 32.2. The molecule has 2 N–H and O–H groups in total. The van der Waals surface area contributed by atoms with Gasteiger partial charge in [-0.25, -0.2) is 0 Å². The smallest absolute Gasteiger partial charge is 0.221 e. The number of carbonyl (C=O) groups excluding carboxylic acids is 1. The minimum Gasteiger partial charge on any atom is -0.381 e. The predicted octanol–water partition coefficient (Wildman–Crippen LogP) is 0.234. The summed E-state index contributed by atoms with van der Waals surface area (Å²) < 4.78 is 5.27. The maximum absolute atomic E-state index is 11.7. The molecule has 0 saturated carbocycles. The molecular formula is C11H20N2O2S. The van der Waals surface area contributed by atoms with Crippen molar-refractivity contribution in [2.75, 3.05) is 37.8 Å². The number of rotatable bonds is 4. The molecule has 2 unspecified atom stereocenters. The van der Waals surface area contributed by atoms with E-state index in [1.54, 1.807) is 0 Å². The van der Waals surface area contributed by atoms with Crippen LogP contribution in [0.15, 0.2) is 0 Å². The fourth-order valence-electron chi connectivity index (χ4n) is 2.05. The van der Waals surface area contributed by atoms with E-state index in [4.69, 9.17) is 4.74 Å². The molecule has 2 fully saturated rings. The maximum atomic E-state index is 11.7. The normalized spacial score (nSPS) is 30.2. The Balaban J connectivity index is 1.59. The summed E-state index contributed by atoms with van der Waals surface area (Å²) in [5, 5.41) is 6.38. The van der Waals surface area contributed by atoms with E-state index in [0.29, 0.717) is 18.4 Å². The van der Waals surface area contributed by atoms with Gasteiger partial charge in [0.1, 0.15) is 0 Å². The van der Waals surface area contributed by atoms with Crippen molar-refractivity contribution in [1.29, 1.82) is 0 Å². The quantitative estimate of drug-likeness (QED) is 0.743. The molecular weight excluding hydrogens is 224 g/mol. The summed E-state index contributed by atoms with van der Waals surface area (Å²) in [4.78, 5) is 11.7. The molecule has 2 rings (SSSR count). The van der Waals surface area contributed by atoms with Gasteiger partial charge in [-0.3, -0.25) is 4.79 Å². The van der Waals surface area contributed by atoms with E-state index in [1.807, 2.05) is 11.8 Å². The molecule has 0 aromatic rings. The van der Waals surface area contributed by atoms with Crippen LogP contribution in [0.2, 0.25) is 0 Å². The first-order valence-corrected chi connectivity index (χ1v) is 7.15. The number of nitrogens with one attached hydrogen (secondary N) is 2. The number of carbonyl (C=O) groups is 1. The van der Waals surface area contributed by atoms with Crippen LogP contribution < -0.4 is 10.6 Å². The van der Waals surface area contributed by atoms with Crippen molar-refractivity contribution in [3.8, 4) is 0 Å². The second kappa shape index (κ2) is 6.47. The number of thioether (sulfide) groups is 1. The van der Waals surface area contributed by atoms with E-state index < -0.39 is 0 Å². The summed E-state index contributed by atoms with van der Waals surface area (Å²) >= 11 is 1.93. The zero-order chi connectivity index (χ0) is 11.2. The van der Waals surface area contributed by atoms with Crippen molar-refractivity contribution in [2.24, 2.45) is 5.92 Å². The lowest BCUT2D eigenvalue weighted by Crippen LogP contribution is -2.42. The first-order chi connectivity index (χ1) is 7.84. The van der Waals surface area contributed by atoms with Crippen molar-refractivity contribution >= 4 is 17.7 Å². The van der Waals surface area contributed by atoms with Crippen LogP contribution in [0.3, 0.4) is 0 Å². The minimum atomic E-state index is 0.173. The second-order valence-corrected chi connectivity index (χ2v) is 5.61. The Hall–Kier alpha value is -0.260. The third kappa shape index (κ3) is 3.96. The van der Waals surface area contributed by atoms with E-state index in [0.717, 1.165) is 44.2 Å². The van der Waals surface area contributed by atoms with Gasteiger partial charge in [0.15, 0.2) is 0 Å². The second-order valence-electron chi connectivity index (χ2n) is 4.46. The fraction of sp³-hybridized carbons (Fsp3) is 0.909. The summed E-state index contributed by atoms with van der Waals surface area (Å²) in [7, 11) is 0. The summed E-state index contributed by atoms with van der Waals surface area (Å²) in [5.74, 6) is 2.92. The van der Waals surface area contributed by atoms with Gasteiger partial charge >= 0.3 is 0 Å². The molecule has 2 aliphatic rings. The highest BCUT2D eigenvalue weighted by molar-refractivity contribution is 7.99. The van der Waals surface area contributed by atoms with E-state index in [-0.39, 0.29) is 5.91 Å². The summed E-state index contributed by atoms with van der Waals surface area (Å²) in [6.07, 6.45) is 1.69. The van der Waals surface area contributed by atoms with Gasteiger partial charge in [0.25, 0.3) is 0 Å². The van der Waals surface area contributed by atoms with Crippen LogP contribution in [-0.4, -0.2) is 49.8 Å². The Morgan fingerprint density at radius 3 is 3.19 bits per heavy atom. The first-order valence-electron chi connectivity index (χ1n) is 6.00. The monoisotopic (exact) mass is 244 g/mol. The highest BCUT2D eigenvalue weighted by Crippen LogP contribution is 2.12. The van der Waals surface area contributed by atoms with Crippen LogP contribution >= 0.6 is 11.8 Å². The van der Waals surface area contributed by atoms with Crippen molar-refractivity contribution in [1.82, 2.24) is 10.6 Å². The zero-order valence-electron chi connectivity index (χ0n) is 9.54. The Kier molecular flexibility index (Phi) is 4.93. The highest BCUT2D eigenvalue weighted by Gasteiger charge is 2.19. The Morgan fingerprint density at radius 2 is 2.50 bits per heavy atom. The van der Waals surface area contributed by atoms with E-state index in [2.05, 4.69) is 10.6 Å². The predicted molar refractivity (Wildman–Crippen MR) is 65.7 cm³/mol. The molecule has 0 bridgehead atoms. The van der Waals surface area contributed by atoms with Gasteiger partial charge in [0.2, 0.25) is 5.91 Å². The third-order valence-electron chi connectivity index (χ3n) is 3.04. The van der Waals surface area contributed by atoms with Gasteiger partial charge in [0, 0.05) is 49.6 Å². The Labute approximate surface area is 101 Å². The van der Waals surface area contributed by atoms with Gasteiger partial charge in [0.05, 0.1) is 6.61 Å². The van der Waals surface area contributed by atoms with Crippen LogP contribution in [0.1, 0.15) is 12.8 Å². The number of amides is 1. The minimum absolute atomic E-state index is 0.173. The van der Waals surface area contributed by atoms with Crippen LogP contribution in [0.5, 0.6) is 0 Å². The summed E-state index contributed by atoms with van der Waals surface area (Å²) in [5.41, 5.74) is 0. The van der Waals surface area contributed by atoms with Crippen molar-refractivity contribution < 1.29 is 9.53 Å². The lowest BCUT2D eigenvalue weighted by Gasteiger charge is -2.22. The molecule has 0 spiro atoms. The molecule has 5 heteroatoms. The third-order valence-corrected chi connectivity index (χ3v) is 4.17. The van der Waals surface area contributed by atoms with Crippen LogP contribution in [0.4, 0.5) is 0 Å². The van der Waals surface area contributed by atoms with Crippen molar-refractivity contribution in [3.05, 3.63) is 0 Å². The van der Waals surface area contributed by atoms with Crippen LogP contribution in [0, 0.1) is 5.92 Å². The number of hydrogen-bond donors (Lipinski definition) is 2. The van der Waals surface area contributed by atoms with Gasteiger partial charge in [-0.2, -0.15) is 11.8 Å². The molecule has 0 aromatic carbocycles. The summed E-state index contributed by atoms with van der Waals surface area (Å²) in [6.45, 7) is 3.46. The van der Waals surface area contributed by atoms with Crippen molar-refractivity contribution in [3.63, 3.8) is 0 Å². The molecule has 1 amide bonds. The molecule has 2 saturated heterocycles. The maximum Gasteiger partial charge on any atom is 0.221 e. The Bertz CT molecular complexity index is 226. The fourth-order valence-corrected chi connectivity index (χ4v) is 3.00. The average molecular weight is 244 g/mol. The molecule has 0 aliphatic carbocycles. The lowest BCUT2D eigenvalue weighted by atomic mass is 10.1. The topological polar surface area (TPSA) is 50.4 Å². The zero-order valence-corrected chi connectivity index (χ0v) is 10.4. The number of ether oxygens (including phenoxy) is 1. The molecule has 0 aromatic heterocycles. The van der Waals surface area contributed by atoms with E-state index in [1.165, 1.54) is 0 Å².